The quantitative estimate of drug-likeness (QED) is 0.696. The number of thiophene rings is 1. The van der Waals surface area contributed by atoms with Crippen LogP contribution in [0.1, 0.15) is 49.9 Å². The van der Waals surface area contributed by atoms with Crippen molar-refractivity contribution in [1.29, 1.82) is 5.26 Å². The zero-order valence-corrected chi connectivity index (χ0v) is 14.0. The molecule has 5 nitrogen and oxygen atoms in total. The zero-order valence-electron chi connectivity index (χ0n) is 13.2. The molecule has 2 aromatic heterocycles. The van der Waals surface area contributed by atoms with Gasteiger partial charge in [-0.05, 0) is 50.3 Å². The average Bonchev–Trinajstić information content (AvgIpc) is 3.11. The number of carbonyl (C=O) groups is 1. The predicted octanol–water partition coefficient (Wildman–Crippen LogP) is 2.91. The van der Waals surface area contributed by atoms with Crippen LogP contribution in [0.4, 0.5) is 0 Å². The first-order chi connectivity index (χ1) is 11.1. The van der Waals surface area contributed by atoms with Gasteiger partial charge in [-0.25, -0.2) is 5.43 Å². The Morgan fingerprint density at radius 1 is 1.43 bits per heavy atom. The molecule has 0 atom stereocenters. The van der Waals surface area contributed by atoms with Crippen LogP contribution in [0.5, 0.6) is 0 Å². The highest BCUT2D eigenvalue weighted by atomic mass is 32.1. The first kappa shape index (κ1) is 15.5. The second kappa shape index (κ2) is 6.39. The molecule has 3 rings (SSSR count). The van der Waals surface area contributed by atoms with Gasteiger partial charge in [0.1, 0.15) is 11.8 Å². The number of hydrazone groups is 1. The molecule has 1 N–H and O–H groups in total. The number of hydrogen-bond donors (Lipinski definition) is 1. The first-order valence-electron chi connectivity index (χ1n) is 7.61. The van der Waals surface area contributed by atoms with E-state index >= 15 is 0 Å². The van der Waals surface area contributed by atoms with Gasteiger partial charge in [-0.1, -0.05) is 0 Å². The van der Waals surface area contributed by atoms with Crippen LogP contribution in [0.25, 0.3) is 0 Å². The average molecular weight is 326 g/mol. The number of amides is 1. The minimum absolute atomic E-state index is 0.172. The van der Waals surface area contributed by atoms with Crippen LogP contribution in [-0.4, -0.2) is 16.7 Å². The van der Waals surface area contributed by atoms with Gasteiger partial charge in [0.15, 0.2) is 0 Å². The molecule has 2 heterocycles. The summed E-state index contributed by atoms with van der Waals surface area (Å²) in [6, 6.07) is 5.88. The summed E-state index contributed by atoms with van der Waals surface area (Å²) < 4.78 is 1.80. The lowest BCUT2D eigenvalue weighted by Crippen LogP contribution is -2.16. The third-order valence-corrected chi connectivity index (χ3v) is 5.51. The SMILES string of the molecule is Cc1c(/C=N\NC(=O)c2cc3c(s2)CCCC3)cc(C#N)n1C. The summed E-state index contributed by atoms with van der Waals surface area (Å²) >= 11 is 1.57. The Labute approximate surface area is 139 Å². The molecular formula is C17H18N4OS. The molecule has 23 heavy (non-hydrogen) atoms. The number of hydrogen-bond acceptors (Lipinski definition) is 4. The van der Waals surface area contributed by atoms with Gasteiger partial charge in [0.2, 0.25) is 0 Å². The molecule has 1 aliphatic carbocycles. The van der Waals surface area contributed by atoms with Crippen molar-refractivity contribution in [3.8, 4) is 6.07 Å². The maximum atomic E-state index is 12.2. The third kappa shape index (κ3) is 3.06. The Morgan fingerprint density at radius 2 is 2.22 bits per heavy atom. The molecule has 1 amide bonds. The van der Waals surface area contributed by atoms with E-state index in [2.05, 4.69) is 16.6 Å². The van der Waals surface area contributed by atoms with Crippen molar-refractivity contribution in [2.45, 2.75) is 32.6 Å². The Balaban J connectivity index is 1.69. The fourth-order valence-electron chi connectivity index (χ4n) is 2.78. The minimum Gasteiger partial charge on any atom is -0.339 e. The van der Waals surface area contributed by atoms with E-state index in [0.717, 1.165) is 29.0 Å². The Morgan fingerprint density at radius 3 is 2.91 bits per heavy atom. The molecular weight excluding hydrogens is 308 g/mol. The number of carbonyl (C=O) groups excluding carboxylic acids is 1. The molecule has 1 aliphatic rings. The molecule has 0 spiro atoms. The number of fused-ring (bicyclic) bond motifs is 1. The van der Waals surface area contributed by atoms with E-state index in [1.807, 2.05) is 20.0 Å². The van der Waals surface area contributed by atoms with Crippen LogP contribution in [0.2, 0.25) is 0 Å². The van der Waals surface area contributed by atoms with Crippen LogP contribution in [0.3, 0.4) is 0 Å². The number of nitrogens with zero attached hydrogens (tertiary/aromatic N) is 3. The summed E-state index contributed by atoms with van der Waals surface area (Å²) in [6.07, 6.45) is 6.15. The van der Waals surface area contributed by atoms with E-state index in [-0.39, 0.29) is 5.91 Å². The van der Waals surface area contributed by atoms with Crippen LogP contribution in [0, 0.1) is 18.3 Å². The molecule has 0 bridgehead atoms. The van der Waals surface area contributed by atoms with E-state index in [4.69, 9.17) is 5.26 Å². The van der Waals surface area contributed by atoms with E-state index in [1.54, 1.807) is 28.2 Å². The number of nitriles is 1. The van der Waals surface area contributed by atoms with Crippen LogP contribution in [0.15, 0.2) is 17.2 Å². The molecule has 0 aliphatic heterocycles. The second-order valence-corrected chi connectivity index (χ2v) is 6.84. The monoisotopic (exact) mass is 326 g/mol. The smallest absolute Gasteiger partial charge is 0.281 e. The van der Waals surface area contributed by atoms with Crippen LogP contribution >= 0.6 is 11.3 Å². The molecule has 0 saturated heterocycles. The van der Waals surface area contributed by atoms with Crippen molar-refractivity contribution in [3.05, 3.63) is 44.4 Å². The molecule has 0 aromatic carbocycles. The summed E-state index contributed by atoms with van der Waals surface area (Å²) in [7, 11) is 1.83. The van der Waals surface area contributed by atoms with E-state index in [0.29, 0.717) is 5.69 Å². The lowest BCUT2D eigenvalue weighted by molar-refractivity contribution is 0.0959. The fraction of sp³-hybridized carbons (Fsp3) is 0.353. The number of aromatic nitrogens is 1. The predicted molar refractivity (Wildman–Crippen MR) is 90.9 cm³/mol. The Hall–Kier alpha value is -2.39. The Kier molecular flexibility index (Phi) is 4.30. The van der Waals surface area contributed by atoms with Gasteiger partial charge in [0.05, 0.1) is 11.1 Å². The second-order valence-electron chi connectivity index (χ2n) is 5.71. The molecule has 6 heteroatoms. The Bertz CT molecular complexity index is 799. The summed E-state index contributed by atoms with van der Waals surface area (Å²) in [6.45, 7) is 1.91. The lowest BCUT2D eigenvalue weighted by Gasteiger charge is -2.08. The number of aryl methyl sites for hydroxylation is 2. The van der Waals surface area contributed by atoms with Crippen molar-refractivity contribution >= 4 is 23.5 Å². The topological polar surface area (TPSA) is 70.2 Å². The lowest BCUT2D eigenvalue weighted by atomic mass is 9.99. The van der Waals surface area contributed by atoms with Gasteiger partial charge in [-0.15, -0.1) is 11.3 Å². The van der Waals surface area contributed by atoms with Crippen molar-refractivity contribution in [2.24, 2.45) is 12.1 Å². The van der Waals surface area contributed by atoms with Gasteiger partial charge in [-0.2, -0.15) is 10.4 Å². The maximum Gasteiger partial charge on any atom is 0.281 e. The van der Waals surface area contributed by atoms with Crippen LogP contribution < -0.4 is 5.43 Å². The van der Waals surface area contributed by atoms with Gasteiger partial charge in [0.25, 0.3) is 5.91 Å². The molecule has 0 radical (unpaired) electrons. The summed E-state index contributed by atoms with van der Waals surface area (Å²) in [5.74, 6) is -0.172. The summed E-state index contributed by atoms with van der Waals surface area (Å²) in [4.78, 5) is 14.2. The van der Waals surface area contributed by atoms with Crippen molar-refractivity contribution in [1.82, 2.24) is 9.99 Å². The largest absolute Gasteiger partial charge is 0.339 e. The normalized spacial score (nSPS) is 13.8. The molecule has 0 fully saturated rings. The molecule has 2 aromatic rings. The first-order valence-corrected chi connectivity index (χ1v) is 8.43. The van der Waals surface area contributed by atoms with Gasteiger partial charge < -0.3 is 4.57 Å². The highest BCUT2D eigenvalue weighted by Gasteiger charge is 2.16. The van der Waals surface area contributed by atoms with E-state index in [1.165, 1.54) is 23.3 Å². The van der Waals surface area contributed by atoms with Gasteiger partial charge in [-0.3, -0.25) is 4.79 Å². The zero-order chi connectivity index (χ0) is 16.4. The molecule has 0 saturated carbocycles. The minimum atomic E-state index is -0.172. The molecule has 0 unspecified atom stereocenters. The standard InChI is InChI=1S/C17H18N4OS/c1-11-13(7-14(9-18)21(11)2)10-19-20-17(22)16-8-12-5-3-4-6-15(12)23-16/h7-8,10H,3-6H2,1-2H3,(H,20,22)/b19-10-. The highest BCUT2D eigenvalue weighted by molar-refractivity contribution is 7.14. The van der Waals surface area contributed by atoms with E-state index in [9.17, 15) is 4.79 Å². The highest BCUT2D eigenvalue weighted by Crippen LogP contribution is 2.29. The van der Waals surface area contributed by atoms with Crippen molar-refractivity contribution in [3.63, 3.8) is 0 Å². The van der Waals surface area contributed by atoms with Crippen molar-refractivity contribution < 1.29 is 4.79 Å². The third-order valence-electron chi connectivity index (χ3n) is 4.28. The molecule has 118 valence electrons. The van der Waals surface area contributed by atoms with E-state index < -0.39 is 0 Å². The van der Waals surface area contributed by atoms with Gasteiger partial charge in [0, 0.05) is 23.2 Å². The van der Waals surface area contributed by atoms with Gasteiger partial charge >= 0.3 is 0 Å². The number of nitrogens with one attached hydrogen (secondary N) is 1. The maximum absolute atomic E-state index is 12.2. The number of rotatable bonds is 3. The van der Waals surface area contributed by atoms with Crippen molar-refractivity contribution in [2.75, 3.05) is 0 Å². The fourth-order valence-corrected chi connectivity index (χ4v) is 3.92. The summed E-state index contributed by atoms with van der Waals surface area (Å²) in [5, 5.41) is 13.0. The van der Waals surface area contributed by atoms with Crippen LogP contribution in [-0.2, 0) is 19.9 Å². The summed E-state index contributed by atoms with van der Waals surface area (Å²) in [5.41, 5.74) is 6.23.